The Balaban J connectivity index is 1.85. The maximum absolute atomic E-state index is 12.2. The van der Waals surface area contributed by atoms with Crippen molar-refractivity contribution in [3.63, 3.8) is 0 Å². The minimum absolute atomic E-state index is 0.0404. The number of nitrogens with one attached hydrogen (secondary N) is 1. The van der Waals surface area contributed by atoms with Gasteiger partial charge in [0.1, 0.15) is 0 Å². The Morgan fingerprint density at radius 2 is 1.97 bits per heavy atom. The number of nitrogens with zero attached hydrogens (tertiary/aromatic N) is 2. The quantitative estimate of drug-likeness (QED) is 0.399. The molecule has 0 fully saturated rings. The van der Waals surface area contributed by atoms with Crippen LogP contribution in [0.25, 0.3) is 11.3 Å². The SMILES string of the molecule is COc1ccc([C@@H]2CC(=O)Oc3n[nH]c(-c4cccc([N+](=O)[O-])c4)c32)cc1OC. The average Bonchev–Trinajstić information content (AvgIpc) is 3.16. The Kier molecular flexibility index (Phi) is 4.63. The predicted molar refractivity (Wildman–Crippen MR) is 102 cm³/mol. The average molecular weight is 395 g/mol. The molecule has 1 aliphatic rings. The summed E-state index contributed by atoms with van der Waals surface area (Å²) >= 11 is 0. The van der Waals surface area contributed by atoms with Crippen LogP contribution >= 0.6 is 0 Å². The van der Waals surface area contributed by atoms with Crippen LogP contribution in [0.4, 0.5) is 5.69 Å². The first-order valence-electron chi connectivity index (χ1n) is 8.77. The molecule has 1 aliphatic heterocycles. The predicted octanol–water partition coefficient (Wildman–Crippen LogP) is 3.44. The molecule has 4 rings (SSSR count). The molecule has 3 aromatic rings. The van der Waals surface area contributed by atoms with E-state index in [0.29, 0.717) is 28.3 Å². The summed E-state index contributed by atoms with van der Waals surface area (Å²) in [6.07, 6.45) is 0.101. The van der Waals surface area contributed by atoms with Gasteiger partial charge in [-0.05, 0) is 17.7 Å². The van der Waals surface area contributed by atoms with Crippen molar-refractivity contribution < 1.29 is 23.9 Å². The van der Waals surface area contributed by atoms with Gasteiger partial charge in [0, 0.05) is 23.6 Å². The molecule has 0 saturated heterocycles. The lowest BCUT2D eigenvalue weighted by molar-refractivity contribution is -0.384. The molecular weight excluding hydrogens is 378 g/mol. The highest BCUT2D eigenvalue weighted by molar-refractivity contribution is 5.80. The smallest absolute Gasteiger partial charge is 0.313 e. The van der Waals surface area contributed by atoms with Gasteiger partial charge in [-0.15, -0.1) is 5.10 Å². The van der Waals surface area contributed by atoms with E-state index in [1.165, 1.54) is 19.2 Å². The number of methoxy groups -OCH3 is 2. The van der Waals surface area contributed by atoms with Crippen LogP contribution < -0.4 is 14.2 Å². The van der Waals surface area contributed by atoms with Crippen LogP contribution in [0, 0.1) is 10.1 Å². The van der Waals surface area contributed by atoms with Crippen molar-refractivity contribution in [3.8, 4) is 28.6 Å². The Morgan fingerprint density at radius 3 is 2.69 bits per heavy atom. The fourth-order valence-corrected chi connectivity index (χ4v) is 3.50. The number of H-pyrrole nitrogens is 1. The molecule has 0 aliphatic carbocycles. The molecule has 0 bridgehead atoms. The standard InChI is InChI=1S/C20H17N3O6/c1-27-15-7-6-11(9-16(15)28-2)14-10-17(24)29-20-18(14)19(21-22-20)12-4-3-5-13(8-12)23(25)26/h3-9,14H,10H2,1-2H3,(H,21,22)/t14-/m0/s1. The molecule has 9 nitrogen and oxygen atoms in total. The second-order valence-electron chi connectivity index (χ2n) is 6.47. The summed E-state index contributed by atoms with van der Waals surface area (Å²) in [5, 5.41) is 18.1. The van der Waals surface area contributed by atoms with E-state index in [-0.39, 0.29) is 23.9 Å². The Bertz CT molecular complexity index is 1110. The number of hydrogen-bond acceptors (Lipinski definition) is 7. The highest BCUT2D eigenvalue weighted by atomic mass is 16.6. The molecule has 2 aromatic carbocycles. The summed E-state index contributed by atoms with van der Waals surface area (Å²) in [5.41, 5.74) is 2.58. The summed E-state index contributed by atoms with van der Waals surface area (Å²) in [5.74, 6) is 0.503. The van der Waals surface area contributed by atoms with Gasteiger partial charge < -0.3 is 14.2 Å². The molecule has 2 heterocycles. The molecular formula is C20H17N3O6. The third kappa shape index (κ3) is 3.27. The Morgan fingerprint density at radius 1 is 1.17 bits per heavy atom. The van der Waals surface area contributed by atoms with Crippen LogP contribution in [-0.4, -0.2) is 35.3 Å². The number of carbonyl (C=O) groups is 1. The van der Waals surface area contributed by atoms with Crippen LogP contribution in [-0.2, 0) is 4.79 Å². The number of fused-ring (bicyclic) bond motifs is 1. The number of benzene rings is 2. The highest BCUT2D eigenvalue weighted by Crippen LogP contribution is 2.44. The third-order valence-electron chi connectivity index (χ3n) is 4.85. The van der Waals surface area contributed by atoms with E-state index in [2.05, 4.69) is 10.2 Å². The number of aromatic amines is 1. The summed E-state index contributed by atoms with van der Waals surface area (Å²) < 4.78 is 16.0. The van der Waals surface area contributed by atoms with Gasteiger partial charge in [-0.3, -0.25) is 20.0 Å². The first-order valence-corrected chi connectivity index (χ1v) is 8.77. The third-order valence-corrected chi connectivity index (χ3v) is 4.85. The van der Waals surface area contributed by atoms with Crippen LogP contribution in [0.5, 0.6) is 17.4 Å². The highest BCUT2D eigenvalue weighted by Gasteiger charge is 2.34. The Hall–Kier alpha value is -3.88. The van der Waals surface area contributed by atoms with E-state index >= 15 is 0 Å². The minimum Gasteiger partial charge on any atom is -0.493 e. The number of nitro benzene ring substituents is 1. The maximum atomic E-state index is 12.2. The summed E-state index contributed by atoms with van der Waals surface area (Å²) in [6.45, 7) is 0. The fraction of sp³-hybridized carbons (Fsp3) is 0.200. The van der Waals surface area contributed by atoms with E-state index in [4.69, 9.17) is 14.2 Å². The molecule has 1 N–H and O–H groups in total. The molecule has 0 unspecified atom stereocenters. The second kappa shape index (κ2) is 7.27. The number of non-ortho nitro benzene ring substituents is 1. The number of nitro groups is 1. The maximum Gasteiger partial charge on any atom is 0.313 e. The van der Waals surface area contributed by atoms with E-state index in [1.54, 1.807) is 31.4 Å². The van der Waals surface area contributed by atoms with Crippen LogP contribution in [0.3, 0.4) is 0 Å². The number of ether oxygens (including phenoxy) is 3. The second-order valence-corrected chi connectivity index (χ2v) is 6.47. The van der Waals surface area contributed by atoms with Crippen LogP contribution in [0.15, 0.2) is 42.5 Å². The monoisotopic (exact) mass is 395 g/mol. The van der Waals surface area contributed by atoms with Crippen molar-refractivity contribution in [3.05, 3.63) is 63.7 Å². The van der Waals surface area contributed by atoms with Gasteiger partial charge in [0.2, 0.25) is 5.88 Å². The van der Waals surface area contributed by atoms with Crippen molar-refractivity contribution >= 4 is 11.7 Å². The van der Waals surface area contributed by atoms with Crippen LogP contribution in [0.2, 0.25) is 0 Å². The molecule has 9 heteroatoms. The molecule has 0 radical (unpaired) electrons. The van der Waals surface area contributed by atoms with Crippen molar-refractivity contribution in [2.45, 2.75) is 12.3 Å². The number of hydrogen-bond donors (Lipinski definition) is 1. The van der Waals surface area contributed by atoms with Gasteiger partial charge in [0.25, 0.3) is 5.69 Å². The summed E-state index contributed by atoms with van der Waals surface area (Å²) in [7, 11) is 3.08. The number of aromatic nitrogens is 2. The topological polar surface area (TPSA) is 117 Å². The molecule has 0 spiro atoms. The zero-order valence-corrected chi connectivity index (χ0v) is 15.7. The summed E-state index contributed by atoms with van der Waals surface area (Å²) in [6, 6.07) is 11.6. The molecule has 0 amide bonds. The van der Waals surface area contributed by atoms with E-state index in [1.807, 2.05) is 6.07 Å². The van der Waals surface area contributed by atoms with Crippen molar-refractivity contribution in [2.75, 3.05) is 14.2 Å². The minimum atomic E-state index is -0.460. The van der Waals surface area contributed by atoms with Crippen LogP contribution in [0.1, 0.15) is 23.5 Å². The molecule has 29 heavy (non-hydrogen) atoms. The van der Waals surface area contributed by atoms with Gasteiger partial charge in [-0.25, -0.2) is 0 Å². The van der Waals surface area contributed by atoms with Crippen molar-refractivity contribution in [1.29, 1.82) is 0 Å². The lowest BCUT2D eigenvalue weighted by Gasteiger charge is -2.23. The zero-order chi connectivity index (χ0) is 20.5. The van der Waals surface area contributed by atoms with Crippen molar-refractivity contribution in [1.82, 2.24) is 10.2 Å². The first-order chi connectivity index (χ1) is 14.0. The molecule has 148 valence electrons. The zero-order valence-electron chi connectivity index (χ0n) is 15.7. The first kappa shape index (κ1) is 18.5. The number of carbonyl (C=O) groups excluding carboxylic acids is 1. The number of esters is 1. The van der Waals surface area contributed by atoms with Gasteiger partial charge in [-0.2, -0.15) is 0 Å². The van der Waals surface area contributed by atoms with E-state index in [9.17, 15) is 14.9 Å². The van der Waals surface area contributed by atoms with E-state index in [0.717, 1.165) is 5.56 Å². The lowest BCUT2D eigenvalue weighted by Crippen LogP contribution is -2.21. The molecule has 1 atom stereocenters. The number of rotatable bonds is 5. The lowest BCUT2D eigenvalue weighted by atomic mass is 9.85. The molecule has 1 aromatic heterocycles. The largest absolute Gasteiger partial charge is 0.493 e. The normalized spacial score (nSPS) is 15.4. The molecule has 0 saturated carbocycles. The summed E-state index contributed by atoms with van der Waals surface area (Å²) in [4.78, 5) is 22.9. The van der Waals surface area contributed by atoms with Gasteiger partial charge in [0.05, 0.1) is 36.8 Å². The van der Waals surface area contributed by atoms with E-state index < -0.39 is 10.9 Å². The fourth-order valence-electron chi connectivity index (χ4n) is 3.50. The van der Waals surface area contributed by atoms with Gasteiger partial charge >= 0.3 is 5.97 Å². The van der Waals surface area contributed by atoms with Crippen molar-refractivity contribution in [2.24, 2.45) is 0 Å². The Labute approximate surface area is 165 Å². The van der Waals surface area contributed by atoms with Gasteiger partial charge in [-0.1, -0.05) is 18.2 Å². The van der Waals surface area contributed by atoms with Gasteiger partial charge in [0.15, 0.2) is 11.5 Å².